The summed E-state index contributed by atoms with van der Waals surface area (Å²) in [6.45, 7) is -3.34. The van der Waals surface area contributed by atoms with E-state index in [0.29, 0.717) is 16.4 Å². The molecule has 2 amide bonds. The molecular formula is C20H19Cl2N7O4. The number of halogens is 2. The molecule has 4 rings (SSSR count). The molecule has 13 heteroatoms. The van der Waals surface area contributed by atoms with Gasteiger partial charge >= 0.3 is 5.97 Å². The van der Waals surface area contributed by atoms with Crippen molar-refractivity contribution in [2.75, 3.05) is 25.1 Å². The van der Waals surface area contributed by atoms with E-state index in [2.05, 4.69) is 15.4 Å². The summed E-state index contributed by atoms with van der Waals surface area (Å²) in [5.74, 6) is -1.80. The fourth-order valence-electron chi connectivity index (χ4n) is 3.53. The van der Waals surface area contributed by atoms with Crippen LogP contribution in [-0.2, 0) is 32.5 Å². The lowest BCUT2D eigenvalue weighted by molar-refractivity contribution is -0.154. The molecule has 0 N–H and O–H groups in total. The fourth-order valence-corrected chi connectivity index (χ4v) is 3.82. The van der Waals surface area contributed by atoms with Gasteiger partial charge < -0.3 is 9.64 Å². The summed E-state index contributed by atoms with van der Waals surface area (Å²) in [5.41, 5.74) is 0.950. The molecule has 3 heterocycles. The number of rotatable bonds is 6. The summed E-state index contributed by atoms with van der Waals surface area (Å²) >= 11 is 12.0. The standard InChI is InChI=1S/C20H19Cl2N7O4/c1-26-6-5-13(24-26)8-16(20(32)33-2)28-11-18(30)27(10-19(28)31)15-7-12(21)3-4-14(15)29-9-17(22)23-25-29/h3-7,9,16H,8,10-11H2,1-2H3/i1D3. The number of piperazine rings is 1. The number of carbonyl (C=O) groups is 3. The van der Waals surface area contributed by atoms with E-state index in [9.17, 15) is 14.4 Å². The number of benzene rings is 1. The highest BCUT2D eigenvalue weighted by Gasteiger charge is 2.39. The first-order chi connectivity index (χ1) is 17.0. The Hall–Kier alpha value is -3.44. The van der Waals surface area contributed by atoms with Crippen LogP contribution in [0.25, 0.3) is 5.69 Å². The molecule has 1 fully saturated rings. The van der Waals surface area contributed by atoms with E-state index >= 15 is 0 Å². The van der Waals surface area contributed by atoms with Crippen molar-refractivity contribution >= 4 is 46.7 Å². The number of aryl methyl sites for hydroxylation is 1. The van der Waals surface area contributed by atoms with Gasteiger partial charge in [0.2, 0.25) is 11.8 Å². The largest absolute Gasteiger partial charge is 0.467 e. The first-order valence-corrected chi connectivity index (χ1v) is 10.3. The smallest absolute Gasteiger partial charge is 0.329 e. The van der Waals surface area contributed by atoms with E-state index in [4.69, 9.17) is 32.1 Å². The third kappa shape index (κ3) is 4.69. The molecule has 1 aromatic carbocycles. The number of methoxy groups -OCH3 is 1. The molecule has 1 atom stereocenters. The molecule has 0 spiro atoms. The van der Waals surface area contributed by atoms with Crippen molar-refractivity contribution in [1.82, 2.24) is 29.7 Å². The number of carbonyl (C=O) groups excluding carboxylic acids is 3. The van der Waals surface area contributed by atoms with E-state index in [1.807, 2.05) is 0 Å². The number of hydrogen-bond donors (Lipinski definition) is 0. The average molecular weight is 495 g/mol. The van der Waals surface area contributed by atoms with Crippen LogP contribution in [0.15, 0.2) is 36.7 Å². The van der Waals surface area contributed by atoms with Crippen LogP contribution in [0.4, 0.5) is 5.69 Å². The normalized spacial score (nSPS) is 16.9. The number of ether oxygens (including phenoxy) is 1. The topological polar surface area (TPSA) is 115 Å². The Balaban J connectivity index is 1.61. The van der Waals surface area contributed by atoms with Gasteiger partial charge in [-0.25, -0.2) is 9.48 Å². The Morgan fingerprint density at radius 3 is 2.70 bits per heavy atom. The quantitative estimate of drug-likeness (QED) is 0.473. The summed E-state index contributed by atoms with van der Waals surface area (Å²) in [6.07, 6.45) is 2.54. The fraction of sp³-hybridized carbons (Fsp3) is 0.300. The van der Waals surface area contributed by atoms with Crippen molar-refractivity contribution in [1.29, 1.82) is 0 Å². The molecule has 1 aliphatic heterocycles. The first kappa shape index (κ1) is 19.1. The molecule has 0 saturated carbocycles. The van der Waals surface area contributed by atoms with Crippen molar-refractivity contribution < 1.29 is 23.2 Å². The van der Waals surface area contributed by atoms with Crippen LogP contribution in [0.1, 0.15) is 9.81 Å². The van der Waals surface area contributed by atoms with Crippen LogP contribution in [0.3, 0.4) is 0 Å². The minimum atomic E-state index is -2.50. The summed E-state index contributed by atoms with van der Waals surface area (Å²) < 4.78 is 29.3. The molecule has 2 aromatic heterocycles. The van der Waals surface area contributed by atoms with Gasteiger partial charge in [-0.2, -0.15) is 5.10 Å². The Bertz CT molecular complexity index is 1330. The zero-order chi connectivity index (χ0) is 26.2. The van der Waals surface area contributed by atoms with Crippen molar-refractivity contribution in [3.8, 4) is 5.69 Å². The highest BCUT2D eigenvalue weighted by Crippen LogP contribution is 2.30. The number of nitrogens with zero attached hydrogens (tertiary/aromatic N) is 7. The van der Waals surface area contributed by atoms with Gasteiger partial charge in [0.15, 0.2) is 5.15 Å². The highest BCUT2D eigenvalue weighted by molar-refractivity contribution is 6.31. The van der Waals surface area contributed by atoms with Gasteiger partial charge in [-0.3, -0.25) is 19.2 Å². The molecule has 0 aliphatic carbocycles. The number of anilines is 1. The predicted octanol–water partition coefficient (Wildman–Crippen LogP) is 1.27. The second kappa shape index (κ2) is 9.20. The summed E-state index contributed by atoms with van der Waals surface area (Å²) in [5, 5.41) is 12.1. The van der Waals surface area contributed by atoms with Crippen molar-refractivity contribution in [2.45, 2.75) is 12.5 Å². The third-order valence-electron chi connectivity index (χ3n) is 5.06. The number of esters is 1. The van der Waals surface area contributed by atoms with E-state index in [-0.39, 0.29) is 17.3 Å². The molecule has 11 nitrogen and oxygen atoms in total. The molecule has 1 saturated heterocycles. The van der Waals surface area contributed by atoms with Crippen LogP contribution in [0.2, 0.25) is 10.2 Å². The molecule has 1 unspecified atom stereocenters. The van der Waals surface area contributed by atoms with Crippen LogP contribution in [-0.4, -0.2) is 73.7 Å². The number of aromatic nitrogens is 5. The number of hydrogen-bond acceptors (Lipinski definition) is 7. The molecule has 0 bridgehead atoms. The van der Waals surface area contributed by atoms with Gasteiger partial charge in [0.1, 0.15) is 19.1 Å². The van der Waals surface area contributed by atoms with Gasteiger partial charge in [-0.05, 0) is 24.3 Å². The summed E-state index contributed by atoms with van der Waals surface area (Å²) in [4.78, 5) is 41.3. The SMILES string of the molecule is [2H]C([2H])([2H])n1ccc(CC(C(=O)OC)N2CC(=O)N(c3cc(Cl)ccc3-n3cc(Cl)nn3)CC2=O)n1. The molecular weight excluding hydrogens is 473 g/mol. The maximum atomic E-state index is 13.2. The van der Waals surface area contributed by atoms with Gasteiger partial charge in [0, 0.05) is 28.7 Å². The van der Waals surface area contributed by atoms with Crippen LogP contribution < -0.4 is 4.90 Å². The zero-order valence-corrected chi connectivity index (χ0v) is 18.7. The van der Waals surface area contributed by atoms with Crippen molar-refractivity contribution in [3.63, 3.8) is 0 Å². The Labute approximate surface area is 202 Å². The van der Waals surface area contributed by atoms with Crippen LogP contribution in [0, 0.1) is 0 Å². The molecule has 1 aliphatic rings. The van der Waals surface area contributed by atoms with Gasteiger partial charge in [0.05, 0.1) is 30.4 Å². The van der Waals surface area contributed by atoms with Crippen molar-refractivity contribution in [2.24, 2.45) is 6.98 Å². The summed E-state index contributed by atoms with van der Waals surface area (Å²) in [7, 11) is 1.15. The maximum absolute atomic E-state index is 13.2. The predicted molar refractivity (Wildman–Crippen MR) is 118 cm³/mol. The monoisotopic (exact) mass is 494 g/mol. The van der Waals surface area contributed by atoms with E-state index in [1.54, 1.807) is 12.1 Å². The van der Waals surface area contributed by atoms with E-state index < -0.39 is 43.9 Å². The molecule has 172 valence electrons. The Morgan fingerprint density at radius 1 is 1.21 bits per heavy atom. The minimum Gasteiger partial charge on any atom is -0.467 e. The Kier molecular flexibility index (Phi) is 5.32. The maximum Gasteiger partial charge on any atom is 0.329 e. The van der Waals surface area contributed by atoms with E-state index in [0.717, 1.165) is 16.7 Å². The van der Waals surface area contributed by atoms with Gasteiger partial charge in [0.25, 0.3) is 0 Å². The lowest BCUT2D eigenvalue weighted by Crippen LogP contribution is -2.59. The molecule has 33 heavy (non-hydrogen) atoms. The van der Waals surface area contributed by atoms with Crippen LogP contribution >= 0.6 is 23.2 Å². The van der Waals surface area contributed by atoms with Gasteiger partial charge in [-0.15, -0.1) is 5.10 Å². The average Bonchev–Trinajstić information content (AvgIpc) is 3.47. The van der Waals surface area contributed by atoms with Gasteiger partial charge in [-0.1, -0.05) is 28.4 Å². The number of amides is 2. The molecule has 0 radical (unpaired) electrons. The summed E-state index contributed by atoms with van der Waals surface area (Å²) in [6, 6.07) is 4.93. The van der Waals surface area contributed by atoms with E-state index in [1.165, 1.54) is 34.1 Å². The Morgan fingerprint density at radius 2 is 2.03 bits per heavy atom. The molecule has 3 aromatic rings. The minimum absolute atomic E-state index is 0.130. The lowest BCUT2D eigenvalue weighted by Gasteiger charge is -2.37. The third-order valence-corrected chi connectivity index (χ3v) is 5.47. The lowest BCUT2D eigenvalue weighted by atomic mass is 10.1. The second-order valence-electron chi connectivity index (χ2n) is 7.12. The van der Waals surface area contributed by atoms with Crippen molar-refractivity contribution in [3.05, 3.63) is 52.5 Å². The zero-order valence-electron chi connectivity index (χ0n) is 20.2. The second-order valence-corrected chi connectivity index (χ2v) is 7.94. The first-order valence-electron chi connectivity index (χ1n) is 11.1. The van der Waals surface area contributed by atoms with Crippen LogP contribution in [0.5, 0.6) is 0 Å². The highest BCUT2D eigenvalue weighted by atomic mass is 35.5.